The van der Waals surface area contributed by atoms with Gasteiger partial charge in [-0.2, -0.15) is 4.31 Å². The van der Waals surface area contributed by atoms with Gasteiger partial charge < -0.3 is 14.8 Å². The summed E-state index contributed by atoms with van der Waals surface area (Å²) in [5.41, 5.74) is 6.15. The molecule has 176 valence electrons. The number of nitrogens with one attached hydrogen (secondary N) is 3. The molecule has 3 N–H and O–H groups in total. The summed E-state index contributed by atoms with van der Waals surface area (Å²) in [6.45, 7) is 0.875. The summed E-state index contributed by atoms with van der Waals surface area (Å²) in [5.74, 6) is -0.0981. The molecule has 1 saturated heterocycles. The van der Waals surface area contributed by atoms with E-state index in [0.717, 1.165) is 11.6 Å². The number of benzene rings is 2. The molecule has 2 heterocycles. The van der Waals surface area contributed by atoms with E-state index >= 15 is 0 Å². The van der Waals surface area contributed by atoms with Crippen LogP contribution in [0.15, 0.2) is 47.4 Å². The van der Waals surface area contributed by atoms with Gasteiger partial charge in [0.05, 0.1) is 0 Å². The van der Waals surface area contributed by atoms with Crippen LogP contribution >= 0.6 is 12.2 Å². The van der Waals surface area contributed by atoms with Gasteiger partial charge in [0, 0.05) is 25.6 Å². The molecule has 2 aromatic carbocycles. The molecule has 12 heteroatoms. The van der Waals surface area contributed by atoms with Gasteiger partial charge in [0.25, 0.3) is 0 Å². The molecule has 0 radical (unpaired) electrons. The number of nitrogens with zero attached hydrogens (tertiary/aromatic N) is 1. The first kappa shape index (κ1) is 23.2. The summed E-state index contributed by atoms with van der Waals surface area (Å²) in [6, 6.07) is 10.8. The summed E-state index contributed by atoms with van der Waals surface area (Å²) in [4.78, 5) is 12.1. The second-order valence-electron chi connectivity index (χ2n) is 7.59. The third-order valence-corrected chi connectivity index (χ3v) is 7.65. The zero-order chi connectivity index (χ0) is 23.4. The number of carbonyl (C=O) groups is 1. The molecule has 0 bridgehead atoms. The molecule has 0 unspecified atom stereocenters. The SMILES string of the molecule is O=C(NNC(=S)NCc1ccc2c(c1)OCO2)C1CCN(S(=O)(=O)c2ccccc2F)CC1. The molecule has 0 atom stereocenters. The summed E-state index contributed by atoms with van der Waals surface area (Å²) in [5, 5.41) is 3.22. The van der Waals surface area contributed by atoms with Crippen LogP contribution in [0, 0.1) is 11.7 Å². The number of rotatable bonds is 5. The van der Waals surface area contributed by atoms with Gasteiger partial charge in [-0.25, -0.2) is 12.8 Å². The molecule has 0 saturated carbocycles. The molecule has 9 nitrogen and oxygen atoms in total. The molecule has 2 aliphatic rings. The highest BCUT2D eigenvalue weighted by molar-refractivity contribution is 7.89. The first-order valence-electron chi connectivity index (χ1n) is 10.3. The van der Waals surface area contributed by atoms with E-state index in [1.807, 2.05) is 18.2 Å². The first-order valence-corrected chi connectivity index (χ1v) is 12.2. The molecular weight excluding hydrogens is 471 g/mol. The van der Waals surface area contributed by atoms with Crippen LogP contribution in [0.1, 0.15) is 18.4 Å². The minimum atomic E-state index is -3.94. The van der Waals surface area contributed by atoms with Crippen molar-refractivity contribution in [3.63, 3.8) is 0 Å². The maximum absolute atomic E-state index is 13.9. The Morgan fingerprint density at radius 2 is 1.82 bits per heavy atom. The van der Waals surface area contributed by atoms with Gasteiger partial charge in [-0.15, -0.1) is 0 Å². The van der Waals surface area contributed by atoms with Crippen LogP contribution in [-0.2, 0) is 21.4 Å². The number of amides is 1. The van der Waals surface area contributed by atoms with Crippen molar-refractivity contribution in [1.82, 2.24) is 20.5 Å². The number of ether oxygens (including phenoxy) is 2. The van der Waals surface area contributed by atoms with E-state index < -0.39 is 15.8 Å². The van der Waals surface area contributed by atoms with Crippen LogP contribution in [0.2, 0.25) is 0 Å². The minimum absolute atomic E-state index is 0.127. The third kappa shape index (κ3) is 5.34. The van der Waals surface area contributed by atoms with Gasteiger partial charge in [-0.3, -0.25) is 15.6 Å². The highest BCUT2D eigenvalue weighted by atomic mass is 32.2. The van der Waals surface area contributed by atoms with Crippen LogP contribution in [-0.4, -0.2) is 43.6 Å². The Bertz CT molecular complexity index is 1150. The summed E-state index contributed by atoms with van der Waals surface area (Å²) >= 11 is 5.19. The smallest absolute Gasteiger partial charge is 0.245 e. The van der Waals surface area contributed by atoms with Crippen molar-refractivity contribution < 1.29 is 27.1 Å². The van der Waals surface area contributed by atoms with Gasteiger partial charge in [-0.1, -0.05) is 18.2 Å². The Hall–Kier alpha value is -2.96. The Kier molecular flexibility index (Phi) is 6.96. The highest BCUT2D eigenvalue weighted by Crippen LogP contribution is 2.32. The maximum Gasteiger partial charge on any atom is 0.245 e. The Morgan fingerprint density at radius 3 is 2.58 bits per heavy atom. The predicted octanol–water partition coefficient (Wildman–Crippen LogP) is 1.65. The van der Waals surface area contributed by atoms with E-state index in [4.69, 9.17) is 21.7 Å². The van der Waals surface area contributed by atoms with Crippen molar-refractivity contribution in [2.75, 3.05) is 19.9 Å². The number of halogens is 1. The van der Waals surface area contributed by atoms with E-state index in [1.54, 1.807) is 0 Å². The van der Waals surface area contributed by atoms with Crippen LogP contribution in [0.25, 0.3) is 0 Å². The van der Waals surface area contributed by atoms with E-state index in [9.17, 15) is 17.6 Å². The standard InChI is InChI=1S/C21H23FN4O5S2/c22-16-3-1-2-4-19(16)33(28,29)26-9-7-15(8-10-26)20(27)24-25-21(32)23-12-14-5-6-17-18(11-14)31-13-30-17/h1-6,11,15H,7-10,12-13H2,(H,24,27)(H2,23,25,32). The quantitative estimate of drug-likeness (QED) is 0.425. The lowest BCUT2D eigenvalue weighted by Crippen LogP contribution is -2.50. The minimum Gasteiger partial charge on any atom is -0.454 e. The van der Waals surface area contributed by atoms with E-state index in [0.29, 0.717) is 30.9 Å². The third-order valence-electron chi connectivity index (χ3n) is 5.47. The number of carbonyl (C=O) groups excluding carboxylic acids is 1. The molecule has 33 heavy (non-hydrogen) atoms. The second-order valence-corrected chi connectivity index (χ2v) is 9.91. The molecule has 0 aromatic heterocycles. The van der Waals surface area contributed by atoms with Gasteiger partial charge in [0.2, 0.25) is 22.7 Å². The summed E-state index contributed by atoms with van der Waals surface area (Å²) in [7, 11) is -3.94. The normalized spacial score (nSPS) is 16.3. The number of sulfonamides is 1. The van der Waals surface area contributed by atoms with Crippen molar-refractivity contribution in [3.8, 4) is 11.5 Å². The molecule has 0 spiro atoms. The monoisotopic (exact) mass is 494 g/mol. The van der Waals surface area contributed by atoms with Crippen molar-refractivity contribution in [1.29, 1.82) is 0 Å². The van der Waals surface area contributed by atoms with Crippen molar-refractivity contribution in [3.05, 3.63) is 53.8 Å². The van der Waals surface area contributed by atoms with Crippen molar-refractivity contribution in [2.24, 2.45) is 5.92 Å². The molecule has 2 aliphatic heterocycles. The fraction of sp³-hybridized carbons (Fsp3) is 0.333. The molecule has 1 amide bonds. The van der Waals surface area contributed by atoms with Crippen LogP contribution < -0.4 is 25.6 Å². The van der Waals surface area contributed by atoms with E-state index in [-0.39, 0.29) is 41.7 Å². The Morgan fingerprint density at radius 1 is 1.09 bits per heavy atom. The number of hydrazine groups is 1. The van der Waals surface area contributed by atoms with E-state index in [1.165, 1.54) is 22.5 Å². The maximum atomic E-state index is 13.9. The van der Waals surface area contributed by atoms with Crippen LogP contribution in [0.5, 0.6) is 11.5 Å². The fourth-order valence-corrected chi connectivity index (χ4v) is 5.31. The average Bonchev–Trinajstić information content (AvgIpc) is 3.29. The second kappa shape index (κ2) is 9.89. The fourth-order valence-electron chi connectivity index (χ4n) is 3.65. The number of hydrogen-bond donors (Lipinski definition) is 3. The molecule has 1 fully saturated rings. The Labute approximate surface area is 196 Å². The van der Waals surface area contributed by atoms with Crippen LogP contribution in [0.4, 0.5) is 4.39 Å². The number of hydrogen-bond acceptors (Lipinski definition) is 6. The lowest BCUT2D eigenvalue weighted by molar-refractivity contribution is -0.126. The molecule has 0 aliphatic carbocycles. The molecular formula is C21H23FN4O5S2. The topological polar surface area (TPSA) is 109 Å². The summed E-state index contributed by atoms with van der Waals surface area (Å²) < 4.78 is 51.1. The zero-order valence-corrected chi connectivity index (χ0v) is 19.2. The lowest BCUT2D eigenvalue weighted by atomic mass is 9.98. The van der Waals surface area contributed by atoms with Crippen molar-refractivity contribution in [2.45, 2.75) is 24.3 Å². The average molecular weight is 495 g/mol. The summed E-state index contributed by atoms with van der Waals surface area (Å²) in [6.07, 6.45) is 0.636. The van der Waals surface area contributed by atoms with Crippen LogP contribution in [0.3, 0.4) is 0 Å². The largest absolute Gasteiger partial charge is 0.454 e. The van der Waals surface area contributed by atoms with Gasteiger partial charge in [0.15, 0.2) is 16.6 Å². The predicted molar refractivity (Wildman–Crippen MR) is 121 cm³/mol. The van der Waals surface area contributed by atoms with E-state index in [2.05, 4.69) is 16.2 Å². The zero-order valence-electron chi connectivity index (χ0n) is 17.5. The van der Waals surface area contributed by atoms with Gasteiger partial charge >= 0.3 is 0 Å². The molecule has 2 aromatic rings. The first-order chi connectivity index (χ1) is 15.8. The van der Waals surface area contributed by atoms with Gasteiger partial charge in [-0.05, 0) is 54.9 Å². The highest BCUT2D eigenvalue weighted by Gasteiger charge is 2.33. The number of fused-ring (bicyclic) bond motifs is 1. The molecule has 4 rings (SSSR count). The van der Waals surface area contributed by atoms with Crippen molar-refractivity contribution >= 4 is 33.3 Å². The van der Waals surface area contributed by atoms with Gasteiger partial charge in [0.1, 0.15) is 10.7 Å². The Balaban J connectivity index is 1.21. The number of thiocarbonyl (C=S) groups is 1. The lowest BCUT2D eigenvalue weighted by Gasteiger charge is -2.30. The number of piperidine rings is 1.